The number of likely N-dealkylation sites (tertiary alicyclic amines) is 1. The molecular weight excluding hydrogens is 503 g/mol. The average molecular weight is 537 g/mol. The maximum atomic E-state index is 14.2. The molecule has 8 heteroatoms. The van der Waals surface area contributed by atoms with Crippen LogP contribution in [0.1, 0.15) is 44.1 Å². The van der Waals surface area contributed by atoms with Gasteiger partial charge >= 0.3 is 5.97 Å². The minimum absolute atomic E-state index is 0.117. The van der Waals surface area contributed by atoms with Crippen LogP contribution in [0.2, 0.25) is 0 Å². The summed E-state index contributed by atoms with van der Waals surface area (Å²) in [7, 11) is 0. The quantitative estimate of drug-likeness (QED) is 0.362. The van der Waals surface area contributed by atoms with E-state index >= 15 is 0 Å². The Kier molecular flexibility index (Phi) is 7.28. The van der Waals surface area contributed by atoms with Crippen LogP contribution in [0.3, 0.4) is 0 Å². The average Bonchev–Trinajstić information content (AvgIpc) is 3.18. The fourth-order valence-corrected chi connectivity index (χ4v) is 7.22. The number of nitrogens with one attached hydrogen (secondary N) is 1. The molecule has 3 saturated carbocycles. The summed E-state index contributed by atoms with van der Waals surface area (Å²) >= 11 is 3.26. The number of esters is 1. The summed E-state index contributed by atoms with van der Waals surface area (Å²) in [6, 6.07) is 4.82. The SMILES string of the molecule is O=C(OCCOCCN1CCCC1)[C@H]1[C@H](C(=O)NCc2ccc(Br)cc2F)[C@@H]2CC[C@H]1C21CC1. The van der Waals surface area contributed by atoms with Crippen LogP contribution < -0.4 is 5.32 Å². The molecule has 3 aliphatic carbocycles. The van der Waals surface area contributed by atoms with E-state index in [1.165, 1.54) is 18.9 Å². The third-order valence-electron chi connectivity index (χ3n) is 8.61. The van der Waals surface area contributed by atoms with Crippen LogP contribution >= 0.6 is 15.9 Å². The first kappa shape index (κ1) is 24.2. The van der Waals surface area contributed by atoms with E-state index in [2.05, 4.69) is 26.1 Å². The van der Waals surface area contributed by atoms with Gasteiger partial charge in [-0.3, -0.25) is 9.59 Å². The summed E-state index contributed by atoms with van der Waals surface area (Å²) in [5, 5.41) is 2.92. The highest BCUT2D eigenvalue weighted by molar-refractivity contribution is 9.10. The number of hydrogen-bond donors (Lipinski definition) is 1. The minimum atomic E-state index is -0.402. The van der Waals surface area contributed by atoms with Crippen LogP contribution in [-0.4, -0.2) is 56.2 Å². The largest absolute Gasteiger partial charge is 0.463 e. The maximum Gasteiger partial charge on any atom is 0.310 e. The zero-order valence-corrected chi connectivity index (χ0v) is 21.2. The number of carbonyl (C=O) groups is 2. The molecule has 1 amide bonds. The van der Waals surface area contributed by atoms with Gasteiger partial charge in [0.15, 0.2) is 0 Å². The van der Waals surface area contributed by atoms with E-state index in [4.69, 9.17) is 9.47 Å². The van der Waals surface area contributed by atoms with Gasteiger partial charge in [-0.1, -0.05) is 22.0 Å². The van der Waals surface area contributed by atoms with Crippen molar-refractivity contribution < 1.29 is 23.5 Å². The molecule has 1 aliphatic heterocycles. The molecule has 6 nitrogen and oxygen atoms in total. The Hall–Kier alpha value is -1.51. The summed E-state index contributed by atoms with van der Waals surface area (Å²) in [6.07, 6.45) is 6.68. The lowest BCUT2D eigenvalue weighted by molar-refractivity contribution is -0.157. The van der Waals surface area contributed by atoms with Crippen LogP contribution in [0.5, 0.6) is 0 Å². The van der Waals surface area contributed by atoms with E-state index in [0.29, 0.717) is 23.2 Å². The van der Waals surface area contributed by atoms with Crippen molar-refractivity contribution in [2.45, 2.75) is 45.1 Å². The first-order valence-electron chi connectivity index (χ1n) is 12.7. The van der Waals surface area contributed by atoms with Gasteiger partial charge in [0.1, 0.15) is 12.4 Å². The normalized spacial score (nSPS) is 29.0. The van der Waals surface area contributed by atoms with Gasteiger partial charge in [-0.05, 0) is 81.0 Å². The second-order valence-corrected chi connectivity index (χ2v) is 11.3. The molecule has 186 valence electrons. The van der Waals surface area contributed by atoms with E-state index < -0.39 is 5.92 Å². The fraction of sp³-hybridized carbons (Fsp3) is 0.692. The lowest BCUT2D eigenvalue weighted by atomic mass is 9.78. The van der Waals surface area contributed by atoms with E-state index in [0.717, 1.165) is 45.3 Å². The Bertz CT molecular complexity index is 918. The van der Waals surface area contributed by atoms with Crippen LogP contribution in [0.4, 0.5) is 4.39 Å². The van der Waals surface area contributed by atoms with Crippen LogP contribution in [-0.2, 0) is 25.6 Å². The summed E-state index contributed by atoms with van der Waals surface area (Å²) in [4.78, 5) is 28.8. The zero-order valence-electron chi connectivity index (χ0n) is 19.6. The van der Waals surface area contributed by atoms with Crippen LogP contribution in [0.15, 0.2) is 22.7 Å². The van der Waals surface area contributed by atoms with Gasteiger partial charge in [-0.25, -0.2) is 4.39 Å². The molecule has 5 rings (SSSR count). The molecular formula is C26H34BrFN2O4. The second-order valence-electron chi connectivity index (χ2n) is 10.4. The van der Waals surface area contributed by atoms with Crippen molar-refractivity contribution in [1.29, 1.82) is 0 Å². The second kappa shape index (κ2) is 10.2. The van der Waals surface area contributed by atoms with Gasteiger partial charge in [-0.15, -0.1) is 0 Å². The van der Waals surface area contributed by atoms with Crippen molar-refractivity contribution in [3.63, 3.8) is 0 Å². The smallest absolute Gasteiger partial charge is 0.310 e. The van der Waals surface area contributed by atoms with Crippen LogP contribution in [0.25, 0.3) is 0 Å². The number of nitrogens with zero attached hydrogens (tertiary/aromatic N) is 1. The Labute approximate surface area is 209 Å². The van der Waals surface area contributed by atoms with Crippen molar-refractivity contribution in [1.82, 2.24) is 10.2 Å². The molecule has 1 heterocycles. The predicted octanol–water partition coefficient (Wildman–Crippen LogP) is 3.91. The molecule has 4 aliphatic rings. The molecule has 1 N–H and O–H groups in total. The topological polar surface area (TPSA) is 67.9 Å². The molecule has 0 unspecified atom stereocenters. The minimum Gasteiger partial charge on any atom is -0.463 e. The Morgan fingerprint density at radius 2 is 1.82 bits per heavy atom. The monoisotopic (exact) mass is 536 g/mol. The van der Waals surface area contributed by atoms with Gasteiger partial charge in [0.2, 0.25) is 5.91 Å². The third-order valence-corrected chi connectivity index (χ3v) is 9.11. The maximum absolute atomic E-state index is 14.2. The molecule has 4 atom stereocenters. The van der Waals surface area contributed by atoms with E-state index in [9.17, 15) is 14.0 Å². The van der Waals surface area contributed by atoms with Gasteiger partial charge in [-0.2, -0.15) is 0 Å². The van der Waals surface area contributed by atoms with Gasteiger partial charge < -0.3 is 19.7 Å². The Morgan fingerprint density at radius 3 is 2.53 bits per heavy atom. The molecule has 1 aromatic carbocycles. The number of amides is 1. The van der Waals surface area contributed by atoms with Crippen molar-refractivity contribution in [2.75, 3.05) is 39.5 Å². The van der Waals surface area contributed by atoms with Crippen molar-refractivity contribution in [3.05, 3.63) is 34.1 Å². The standard InChI is InChI=1S/C26H34BrFN2O4/c27-18-4-3-17(21(28)15-18)16-29-24(31)22-19-5-6-20(26(19)7-8-26)23(22)25(32)34-14-13-33-12-11-30-9-1-2-10-30/h3-4,15,19-20,22-23H,1-2,5-14,16H2,(H,29,31)/t19-,20+,22+,23+/m0/s1. The molecule has 1 spiro atoms. The lowest BCUT2D eigenvalue weighted by Crippen LogP contribution is -2.42. The fourth-order valence-electron chi connectivity index (χ4n) is 6.89. The summed E-state index contributed by atoms with van der Waals surface area (Å²) in [6.45, 7) is 4.57. The number of ether oxygens (including phenoxy) is 2. The highest BCUT2D eigenvalue weighted by Gasteiger charge is 2.71. The van der Waals surface area contributed by atoms with Gasteiger partial charge in [0.05, 0.1) is 25.0 Å². The number of hydrogen-bond acceptors (Lipinski definition) is 5. The van der Waals surface area contributed by atoms with E-state index in [1.54, 1.807) is 12.1 Å². The van der Waals surface area contributed by atoms with Gasteiger partial charge in [0.25, 0.3) is 0 Å². The predicted molar refractivity (Wildman–Crippen MR) is 128 cm³/mol. The van der Waals surface area contributed by atoms with Crippen molar-refractivity contribution in [2.24, 2.45) is 29.1 Å². The number of halogens is 2. The lowest BCUT2D eigenvalue weighted by Gasteiger charge is -2.28. The molecule has 0 aromatic heterocycles. The van der Waals surface area contributed by atoms with Crippen molar-refractivity contribution >= 4 is 27.8 Å². The molecule has 1 saturated heterocycles. The summed E-state index contributed by atoms with van der Waals surface area (Å²) in [5.74, 6) is -1.12. The molecule has 0 radical (unpaired) electrons. The third kappa shape index (κ3) is 4.78. The zero-order chi connectivity index (χ0) is 23.7. The highest BCUT2D eigenvalue weighted by atomic mass is 79.9. The van der Waals surface area contributed by atoms with Gasteiger partial charge in [0, 0.05) is 23.1 Å². The first-order valence-corrected chi connectivity index (χ1v) is 13.5. The summed E-state index contributed by atoms with van der Waals surface area (Å²) < 4.78 is 26.2. The molecule has 34 heavy (non-hydrogen) atoms. The van der Waals surface area contributed by atoms with Crippen molar-refractivity contribution in [3.8, 4) is 0 Å². The van der Waals surface area contributed by atoms with E-state index in [1.807, 2.05) is 0 Å². The van der Waals surface area contributed by atoms with E-state index in [-0.39, 0.29) is 54.0 Å². The number of carbonyl (C=O) groups excluding carboxylic acids is 2. The molecule has 1 aromatic rings. The highest BCUT2D eigenvalue weighted by Crippen LogP contribution is 2.74. The number of benzene rings is 1. The Morgan fingerprint density at radius 1 is 1.09 bits per heavy atom. The number of rotatable bonds is 10. The Balaban J connectivity index is 1.15. The summed E-state index contributed by atoms with van der Waals surface area (Å²) in [5.41, 5.74) is 0.576. The first-order chi connectivity index (χ1) is 16.5. The molecule has 4 fully saturated rings. The molecule has 2 bridgehead atoms. The van der Waals surface area contributed by atoms with Crippen LogP contribution in [0, 0.1) is 34.9 Å².